The molecule has 0 bridgehead atoms. The first-order chi connectivity index (χ1) is 14.3. The van der Waals surface area contributed by atoms with Crippen LogP contribution < -0.4 is 10.7 Å². The number of aromatic amines is 1. The highest BCUT2D eigenvalue weighted by molar-refractivity contribution is 7.54. The standard InChI is InChI=1S/C20H26N3O5PS/c1-5-27-29(26,28-6-2)19(25)13-7-8-14-15(9-13)22-16(10-18(14)24)17-11-30-20(23-17)21-12(3)4/h7-12,19,25H,5-6H2,1-4H3,(H,21,23)(H,22,24). The van der Waals surface area contributed by atoms with E-state index >= 15 is 0 Å². The number of rotatable bonds is 9. The van der Waals surface area contributed by atoms with Crippen LogP contribution >= 0.6 is 18.9 Å². The van der Waals surface area contributed by atoms with Crippen LogP contribution in [0.1, 0.15) is 39.1 Å². The van der Waals surface area contributed by atoms with Crippen molar-refractivity contribution in [1.29, 1.82) is 0 Å². The van der Waals surface area contributed by atoms with E-state index in [0.717, 1.165) is 5.13 Å². The minimum Gasteiger partial charge on any atom is -0.376 e. The summed E-state index contributed by atoms with van der Waals surface area (Å²) in [5.41, 5.74) is 1.86. The number of benzene rings is 1. The fraction of sp³-hybridized carbons (Fsp3) is 0.400. The summed E-state index contributed by atoms with van der Waals surface area (Å²) in [6.07, 6.45) is 0. The van der Waals surface area contributed by atoms with Crippen molar-refractivity contribution in [3.8, 4) is 11.4 Å². The maximum Gasteiger partial charge on any atom is 0.363 e. The summed E-state index contributed by atoms with van der Waals surface area (Å²) in [5.74, 6) is -1.46. The molecule has 162 valence electrons. The number of fused-ring (bicyclic) bond motifs is 1. The minimum atomic E-state index is -3.76. The number of nitrogens with one attached hydrogen (secondary N) is 2. The molecule has 0 aliphatic rings. The topological polar surface area (TPSA) is 114 Å². The number of pyridine rings is 1. The van der Waals surface area contributed by atoms with Gasteiger partial charge in [0.25, 0.3) is 0 Å². The van der Waals surface area contributed by atoms with Crippen LogP contribution in [-0.2, 0) is 13.6 Å². The largest absolute Gasteiger partial charge is 0.376 e. The molecule has 2 heterocycles. The molecule has 0 spiro atoms. The van der Waals surface area contributed by atoms with Gasteiger partial charge in [-0.2, -0.15) is 0 Å². The molecule has 10 heteroatoms. The summed E-state index contributed by atoms with van der Waals surface area (Å²) >= 11 is 1.45. The average Bonchev–Trinajstić information content (AvgIpc) is 3.15. The lowest BCUT2D eigenvalue weighted by Crippen LogP contribution is -2.09. The maximum absolute atomic E-state index is 12.9. The zero-order valence-electron chi connectivity index (χ0n) is 17.3. The molecule has 0 amide bonds. The van der Waals surface area contributed by atoms with Gasteiger partial charge in [-0.05, 0) is 45.4 Å². The Kier molecular flexibility index (Phi) is 7.10. The molecule has 8 nitrogen and oxygen atoms in total. The number of hydrogen-bond acceptors (Lipinski definition) is 8. The van der Waals surface area contributed by atoms with Crippen LogP contribution in [0.5, 0.6) is 0 Å². The predicted octanol–water partition coefficient (Wildman–Crippen LogP) is 4.73. The fourth-order valence-electron chi connectivity index (χ4n) is 3.00. The second-order valence-corrected chi connectivity index (χ2v) is 9.88. The van der Waals surface area contributed by atoms with Gasteiger partial charge in [0.15, 0.2) is 16.4 Å². The van der Waals surface area contributed by atoms with Gasteiger partial charge in [-0.1, -0.05) is 6.07 Å². The Morgan fingerprint density at radius 2 is 1.93 bits per heavy atom. The first-order valence-corrected chi connectivity index (χ1v) is 12.2. The Balaban J connectivity index is 2.02. The van der Waals surface area contributed by atoms with Crippen molar-refractivity contribution < 1.29 is 18.7 Å². The monoisotopic (exact) mass is 451 g/mol. The smallest absolute Gasteiger partial charge is 0.363 e. The van der Waals surface area contributed by atoms with E-state index in [1.807, 2.05) is 19.2 Å². The van der Waals surface area contributed by atoms with Crippen molar-refractivity contribution in [3.63, 3.8) is 0 Å². The molecule has 0 fully saturated rings. The van der Waals surface area contributed by atoms with E-state index in [-0.39, 0.29) is 24.7 Å². The molecule has 0 saturated heterocycles. The minimum absolute atomic E-state index is 0.138. The molecule has 0 aliphatic carbocycles. The Hall–Kier alpha value is -2.03. The molecule has 0 saturated carbocycles. The van der Waals surface area contributed by atoms with E-state index < -0.39 is 13.4 Å². The van der Waals surface area contributed by atoms with Gasteiger partial charge in [-0.3, -0.25) is 9.36 Å². The number of aliphatic hydroxyl groups excluding tert-OH is 1. The molecule has 3 rings (SSSR count). The van der Waals surface area contributed by atoms with Gasteiger partial charge < -0.3 is 24.5 Å². The van der Waals surface area contributed by atoms with E-state index in [1.54, 1.807) is 32.0 Å². The molecule has 2 aromatic heterocycles. The lowest BCUT2D eigenvalue weighted by Gasteiger charge is -2.22. The number of thiazole rings is 1. The van der Waals surface area contributed by atoms with Gasteiger partial charge in [0.05, 0.1) is 30.1 Å². The van der Waals surface area contributed by atoms with E-state index in [1.165, 1.54) is 17.4 Å². The van der Waals surface area contributed by atoms with Crippen LogP contribution in [0.15, 0.2) is 34.4 Å². The number of aromatic nitrogens is 2. The number of anilines is 1. The van der Waals surface area contributed by atoms with Crippen molar-refractivity contribution in [2.45, 2.75) is 39.6 Å². The normalized spacial score (nSPS) is 13.1. The van der Waals surface area contributed by atoms with E-state index in [0.29, 0.717) is 27.9 Å². The Labute approximate surface area is 178 Å². The summed E-state index contributed by atoms with van der Waals surface area (Å²) in [6.45, 7) is 7.68. The third-order valence-corrected chi connectivity index (χ3v) is 7.17. The Morgan fingerprint density at radius 1 is 1.23 bits per heavy atom. The fourth-order valence-corrected chi connectivity index (χ4v) is 5.46. The van der Waals surface area contributed by atoms with E-state index in [9.17, 15) is 14.5 Å². The van der Waals surface area contributed by atoms with E-state index in [2.05, 4.69) is 15.3 Å². The van der Waals surface area contributed by atoms with E-state index in [4.69, 9.17) is 9.05 Å². The van der Waals surface area contributed by atoms with Gasteiger partial charge >= 0.3 is 7.60 Å². The van der Waals surface area contributed by atoms with Crippen molar-refractivity contribution >= 4 is 35.0 Å². The van der Waals surface area contributed by atoms with Crippen molar-refractivity contribution in [1.82, 2.24) is 9.97 Å². The predicted molar refractivity (Wildman–Crippen MR) is 120 cm³/mol. The quantitative estimate of drug-likeness (QED) is 0.403. The number of hydrogen-bond donors (Lipinski definition) is 3. The van der Waals surface area contributed by atoms with Gasteiger partial charge in [0.1, 0.15) is 0 Å². The zero-order chi connectivity index (χ0) is 21.9. The summed E-state index contributed by atoms with van der Waals surface area (Å²) in [7, 11) is -3.76. The average molecular weight is 451 g/mol. The van der Waals surface area contributed by atoms with Crippen LogP contribution in [0.3, 0.4) is 0 Å². The first-order valence-electron chi connectivity index (χ1n) is 9.73. The maximum atomic E-state index is 12.9. The van der Waals surface area contributed by atoms with Crippen LogP contribution in [0.2, 0.25) is 0 Å². The molecule has 1 unspecified atom stereocenters. The Bertz CT molecular complexity index is 1120. The first kappa shape index (κ1) is 22.7. The zero-order valence-corrected chi connectivity index (χ0v) is 19.0. The highest BCUT2D eigenvalue weighted by Crippen LogP contribution is 2.59. The molecule has 0 aliphatic heterocycles. The van der Waals surface area contributed by atoms with Crippen LogP contribution in [-0.4, -0.2) is 34.3 Å². The molecule has 0 radical (unpaired) electrons. The molecule has 3 aromatic rings. The molecular weight excluding hydrogens is 425 g/mol. The third-order valence-electron chi connectivity index (χ3n) is 4.26. The van der Waals surface area contributed by atoms with Crippen molar-refractivity contribution in [2.24, 2.45) is 0 Å². The van der Waals surface area contributed by atoms with Gasteiger partial charge in [-0.25, -0.2) is 4.98 Å². The van der Waals surface area contributed by atoms with Crippen molar-refractivity contribution in [3.05, 3.63) is 45.4 Å². The second kappa shape index (κ2) is 9.41. The SMILES string of the molecule is CCOP(=O)(OCC)C(O)c1ccc2c(=O)cc(-c3csc(NC(C)C)n3)[nH]c2c1. The summed E-state index contributed by atoms with van der Waals surface area (Å²) in [5, 5.41) is 17.0. The lowest BCUT2D eigenvalue weighted by atomic mass is 10.1. The van der Waals surface area contributed by atoms with Crippen LogP contribution in [0.25, 0.3) is 22.3 Å². The molecule has 3 N–H and O–H groups in total. The highest BCUT2D eigenvalue weighted by Gasteiger charge is 2.35. The van der Waals surface area contributed by atoms with Gasteiger partial charge in [0, 0.05) is 22.9 Å². The second-order valence-electron chi connectivity index (χ2n) is 6.94. The number of aliphatic hydroxyl groups is 1. The van der Waals surface area contributed by atoms with Crippen molar-refractivity contribution in [2.75, 3.05) is 18.5 Å². The summed E-state index contributed by atoms with van der Waals surface area (Å²) in [4.78, 5) is 20.3. The summed E-state index contributed by atoms with van der Waals surface area (Å²) in [6, 6.07) is 6.48. The molecule has 30 heavy (non-hydrogen) atoms. The molecular formula is C20H26N3O5PS. The Morgan fingerprint density at radius 3 is 2.57 bits per heavy atom. The summed E-state index contributed by atoms with van der Waals surface area (Å²) < 4.78 is 23.4. The van der Waals surface area contributed by atoms with Crippen LogP contribution in [0.4, 0.5) is 5.13 Å². The lowest BCUT2D eigenvalue weighted by molar-refractivity contribution is 0.150. The van der Waals surface area contributed by atoms with Crippen LogP contribution in [0, 0.1) is 0 Å². The number of nitrogens with zero attached hydrogens (tertiary/aromatic N) is 1. The van der Waals surface area contributed by atoms with Gasteiger partial charge in [-0.15, -0.1) is 11.3 Å². The highest BCUT2D eigenvalue weighted by atomic mass is 32.1. The third kappa shape index (κ3) is 4.82. The number of H-pyrrole nitrogens is 1. The molecule has 1 aromatic carbocycles. The van der Waals surface area contributed by atoms with Gasteiger partial charge in [0.2, 0.25) is 0 Å². The molecule has 1 atom stereocenters.